The summed E-state index contributed by atoms with van der Waals surface area (Å²) in [4.78, 5) is 37.4. The molecule has 4 aromatic rings. The van der Waals surface area contributed by atoms with E-state index in [-0.39, 0.29) is 59.5 Å². The van der Waals surface area contributed by atoms with Crippen molar-refractivity contribution < 1.29 is 14.3 Å². The number of aromatic nitrogens is 2. The van der Waals surface area contributed by atoms with E-state index in [4.69, 9.17) is 27.8 Å². The molecule has 10 nitrogen and oxygen atoms in total. The third-order valence-corrected chi connectivity index (χ3v) is 9.69. The summed E-state index contributed by atoms with van der Waals surface area (Å²) in [5.74, 6) is -0.248. The molecule has 1 saturated heterocycles. The fourth-order valence-corrected chi connectivity index (χ4v) is 7.05. The number of halogens is 1. The number of anilines is 3. The molecule has 0 spiro atoms. The normalized spacial score (nSPS) is 15.0. The lowest BCUT2D eigenvalue weighted by atomic mass is 9.91. The number of nitrogens with two attached hydrogens (primary N) is 2. The van der Waals surface area contributed by atoms with Crippen molar-refractivity contribution in [2.45, 2.75) is 38.5 Å². The maximum Gasteiger partial charge on any atom is 0.409 e. The van der Waals surface area contributed by atoms with E-state index in [9.17, 15) is 9.59 Å². The van der Waals surface area contributed by atoms with Gasteiger partial charge in [-0.2, -0.15) is 0 Å². The summed E-state index contributed by atoms with van der Waals surface area (Å²) in [5.41, 5.74) is 18.6. The number of amides is 2. The van der Waals surface area contributed by atoms with Crippen molar-refractivity contribution >= 4 is 41.1 Å². The Labute approximate surface area is 286 Å². The van der Waals surface area contributed by atoms with E-state index in [1.165, 1.54) is 11.1 Å². The average molecular weight is 668 g/mol. The zero-order valence-corrected chi connectivity index (χ0v) is 27.9. The van der Waals surface area contributed by atoms with Gasteiger partial charge in [-0.1, -0.05) is 84.4 Å². The number of nitrogen functional groups attached to an aromatic ring is 2. The molecular formula is C37H42ClN7O3. The van der Waals surface area contributed by atoms with Crippen LogP contribution in [-0.4, -0.2) is 59.7 Å². The van der Waals surface area contributed by atoms with Crippen molar-refractivity contribution in [1.29, 1.82) is 0 Å². The summed E-state index contributed by atoms with van der Waals surface area (Å²) in [6.07, 6.45) is 2.25. The Morgan fingerprint density at radius 3 is 2.29 bits per heavy atom. The van der Waals surface area contributed by atoms with Crippen molar-refractivity contribution in [1.82, 2.24) is 20.2 Å². The molecular weight excluding hydrogens is 626 g/mol. The number of piperidine rings is 1. The van der Waals surface area contributed by atoms with E-state index in [0.717, 1.165) is 48.2 Å². The molecule has 250 valence electrons. The number of rotatable bonds is 11. The fraction of sp³-hybridized carbons (Fsp3) is 0.351. The van der Waals surface area contributed by atoms with Gasteiger partial charge in [0.15, 0.2) is 22.6 Å². The van der Waals surface area contributed by atoms with Crippen LogP contribution in [0.2, 0.25) is 5.15 Å². The van der Waals surface area contributed by atoms with Gasteiger partial charge in [0.1, 0.15) is 6.61 Å². The Bertz CT molecular complexity index is 1730. The Kier molecular flexibility index (Phi) is 10.4. The van der Waals surface area contributed by atoms with Gasteiger partial charge in [0, 0.05) is 25.4 Å². The summed E-state index contributed by atoms with van der Waals surface area (Å²) in [7, 11) is 0. The number of ether oxygens (including phenoxy) is 1. The van der Waals surface area contributed by atoms with Gasteiger partial charge < -0.3 is 31.7 Å². The number of nitrogens with zero attached hydrogens (tertiary/aromatic N) is 3. The third-order valence-electron chi connectivity index (χ3n) is 9.42. The lowest BCUT2D eigenvalue weighted by Gasteiger charge is -2.32. The van der Waals surface area contributed by atoms with E-state index in [1.54, 1.807) is 0 Å². The molecule has 11 heteroatoms. The second kappa shape index (κ2) is 15.0. The topological polar surface area (TPSA) is 148 Å². The molecule has 0 bridgehead atoms. The predicted molar refractivity (Wildman–Crippen MR) is 190 cm³/mol. The van der Waals surface area contributed by atoms with Crippen LogP contribution < -0.4 is 22.1 Å². The first-order valence-electron chi connectivity index (χ1n) is 16.5. The highest BCUT2D eigenvalue weighted by Crippen LogP contribution is 2.44. The molecule has 1 atom stereocenters. The first kappa shape index (κ1) is 33.2. The Balaban J connectivity index is 1.22. The third kappa shape index (κ3) is 7.72. The minimum absolute atomic E-state index is 0.0127. The van der Waals surface area contributed by atoms with Crippen LogP contribution >= 0.6 is 11.6 Å². The van der Waals surface area contributed by atoms with E-state index in [2.05, 4.69) is 63.9 Å². The first-order chi connectivity index (χ1) is 23.3. The number of carbonyl (C=O) groups excluding carboxylic acids is 2. The molecule has 1 aliphatic heterocycles. The number of benzene rings is 3. The predicted octanol–water partition coefficient (Wildman–Crippen LogP) is 6.04. The lowest BCUT2D eigenvalue weighted by molar-refractivity contribution is -0.117. The van der Waals surface area contributed by atoms with Gasteiger partial charge in [0.05, 0.1) is 0 Å². The van der Waals surface area contributed by atoms with Crippen LogP contribution in [0.4, 0.5) is 22.2 Å². The van der Waals surface area contributed by atoms with E-state index < -0.39 is 0 Å². The second-order valence-electron chi connectivity index (χ2n) is 12.8. The minimum atomic E-state index is -0.369. The molecule has 0 radical (unpaired) electrons. The second-order valence-corrected chi connectivity index (χ2v) is 13.1. The summed E-state index contributed by atoms with van der Waals surface area (Å²) in [6.45, 7) is 4.99. The quantitative estimate of drug-likeness (QED) is 0.151. The van der Waals surface area contributed by atoms with Crippen molar-refractivity contribution in [3.8, 4) is 11.1 Å². The molecule has 48 heavy (non-hydrogen) atoms. The molecule has 1 fully saturated rings. The highest BCUT2D eigenvalue weighted by Gasteiger charge is 2.31. The van der Waals surface area contributed by atoms with Gasteiger partial charge in [0.2, 0.25) is 5.91 Å². The molecule has 0 unspecified atom stereocenters. The molecule has 2 aliphatic rings. The van der Waals surface area contributed by atoms with Gasteiger partial charge in [-0.05, 0) is 84.5 Å². The molecule has 0 saturated carbocycles. The average Bonchev–Trinajstić information content (AvgIpc) is 3.40. The van der Waals surface area contributed by atoms with Crippen molar-refractivity contribution in [3.63, 3.8) is 0 Å². The molecule has 1 aliphatic carbocycles. The van der Waals surface area contributed by atoms with Crippen LogP contribution in [0.3, 0.4) is 0 Å². The van der Waals surface area contributed by atoms with Gasteiger partial charge in [-0.3, -0.25) is 4.79 Å². The molecule has 3 aromatic carbocycles. The maximum absolute atomic E-state index is 14.1. The largest absolute Gasteiger partial charge is 0.448 e. The van der Waals surface area contributed by atoms with Crippen LogP contribution in [0.25, 0.3) is 11.1 Å². The zero-order valence-electron chi connectivity index (χ0n) is 27.1. The van der Waals surface area contributed by atoms with Crippen LogP contribution in [0.1, 0.15) is 47.4 Å². The Morgan fingerprint density at radius 2 is 1.60 bits per heavy atom. The number of carbonyl (C=O) groups is 2. The molecule has 2 amide bonds. The molecule has 6 rings (SSSR count). The monoisotopic (exact) mass is 667 g/mol. The Morgan fingerprint density at radius 1 is 0.958 bits per heavy atom. The van der Waals surface area contributed by atoms with Crippen molar-refractivity contribution in [3.05, 3.63) is 100 Å². The number of aryl methyl sites for hydroxylation is 1. The minimum Gasteiger partial charge on any atom is -0.448 e. The molecule has 1 aromatic heterocycles. The van der Waals surface area contributed by atoms with Gasteiger partial charge in [-0.25, -0.2) is 14.8 Å². The highest BCUT2D eigenvalue weighted by atomic mass is 35.5. The zero-order chi connectivity index (χ0) is 33.6. The van der Waals surface area contributed by atoms with Crippen molar-refractivity contribution in [2.24, 2.45) is 11.8 Å². The summed E-state index contributed by atoms with van der Waals surface area (Å²) >= 11 is 6.06. The van der Waals surface area contributed by atoms with E-state index in [0.29, 0.717) is 25.4 Å². The molecule has 6 N–H and O–H groups in total. The van der Waals surface area contributed by atoms with E-state index in [1.807, 2.05) is 41.3 Å². The van der Waals surface area contributed by atoms with Gasteiger partial charge >= 0.3 is 6.09 Å². The van der Waals surface area contributed by atoms with Crippen LogP contribution in [-0.2, 0) is 16.0 Å². The maximum atomic E-state index is 14.1. The highest BCUT2D eigenvalue weighted by molar-refractivity contribution is 6.31. The number of hydrogen-bond acceptors (Lipinski definition) is 8. The summed E-state index contributed by atoms with van der Waals surface area (Å²) < 4.78 is 6.17. The Hall–Kier alpha value is -4.67. The first-order valence-corrected chi connectivity index (χ1v) is 16.9. The number of nitrogens with one attached hydrogen (secondary N) is 2. The fourth-order valence-electron chi connectivity index (χ4n) is 6.93. The van der Waals surface area contributed by atoms with Crippen LogP contribution in [0.15, 0.2) is 72.8 Å². The smallest absolute Gasteiger partial charge is 0.409 e. The van der Waals surface area contributed by atoms with Crippen molar-refractivity contribution in [2.75, 3.05) is 49.6 Å². The van der Waals surface area contributed by atoms with E-state index >= 15 is 0 Å². The lowest BCUT2D eigenvalue weighted by Crippen LogP contribution is -2.43. The SMILES string of the molecule is Cc1ccccc1C[C@@H](CC(=O)Nc1nc(Cl)c(N)nc1N)CN(CC1CCNCC1)C(=O)OCC1c2ccccc2-c2ccccc21. The van der Waals surface area contributed by atoms with Gasteiger partial charge in [0.25, 0.3) is 0 Å². The molecule has 2 heterocycles. The van der Waals surface area contributed by atoms with Crippen LogP contribution in [0.5, 0.6) is 0 Å². The standard InChI is InChI=1S/C37H42ClN7O3/c1-23-8-2-3-9-26(23)18-25(19-32(46)42-36-35(40)44-34(39)33(38)43-36)21-45(20-24-14-16-41-17-15-24)37(47)48-22-31-29-12-6-4-10-27(29)28-11-5-7-13-30(28)31/h2-13,24-25,31,41H,14-22H2,1H3,(H4,39,40,44)(H,42,43,46)/t25-/m0/s1. The van der Waals surface area contributed by atoms with Crippen LogP contribution in [0, 0.1) is 18.8 Å². The number of fused-ring (bicyclic) bond motifs is 3. The summed E-state index contributed by atoms with van der Waals surface area (Å²) in [6, 6.07) is 24.7. The summed E-state index contributed by atoms with van der Waals surface area (Å²) in [5, 5.41) is 6.12. The number of hydrogen-bond donors (Lipinski definition) is 4. The van der Waals surface area contributed by atoms with Gasteiger partial charge in [-0.15, -0.1) is 0 Å².